The van der Waals surface area contributed by atoms with E-state index in [9.17, 15) is 0 Å². The maximum Gasteiger partial charge on any atom is 0.0218 e. The maximum absolute atomic E-state index is 4.00. The van der Waals surface area contributed by atoms with Crippen molar-refractivity contribution < 1.29 is 0 Å². The van der Waals surface area contributed by atoms with Gasteiger partial charge >= 0.3 is 0 Å². The second kappa shape index (κ2) is 20.8. The highest BCUT2D eigenvalue weighted by Crippen LogP contribution is 2.15. The van der Waals surface area contributed by atoms with E-state index in [1.165, 1.54) is 0 Å². The molecule has 6 N–H and O–H groups in total. The van der Waals surface area contributed by atoms with Crippen molar-refractivity contribution in [2.24, 2.45) is 35.5 Å². The first-order valence-corrected chi connectivity index (χ1v) is 18.6. The Kier molecular flexibility index (Phi) is 18.9. The van der Waals surface area contributed by atoms with Crippen LogP contribution in [0.3, 0.4) is 0 Å². The van der Waals surface area contributed by atoms with Crippen LogP contribution in [0.4, 0.5) is 0 Å². The van der Waals surface area contributed by atoms with Gasteiger partial charge in [0, 0.05) is 115 Å². The van der Waals surface area contributed by atoms with Crippen molar-refractivity contribution in [2.75, 3.05) is 78.5 Å². The largest absolute Gasteiger partial charge is 0.311 e. The van der Waals surface area contributed by atoms with E-state index >= 15 is 0 Å². The summed E-state index contributed by atoms with van der Waals surface area (Å²) in [6.45, 7) is 41.2. The van der Waals surface area contributed by atoms with E-state index in [1.54, 1.807) is 0 Å². The molecular formula is C36H78N8. The third-order valence-electron chi connectivity index (χ3n) is 10.4. The molecule has 0 aromatic rings. The third-order valence-corrected chi connectivity index (χ3v) is 10.4. The molecule has 3 fully saturated rings. The van der Waals surface area contributed by atoms with Gasteiger partial charge < -0.3 is 31.9 Å². The van der Waals surface area contributed by atoms with E-state index in [2.05, 4.69) is 125 Å². The first-order chi connectivity index (χ1) is 20.8. The average molecular weight is 623 g/mol. The van der Waals surface area contributed by atoms with Gasteiger partial charge in [-0.1, -0.05) is 83.1 Å². The molecule has 0 saturated carbocycles. The van der Waals surface area contributed by atoms with Crippen molar-refractivity contribution >= 4 is 0 Å². The second-order valence-corrected chi connectivity index (χ2v) is 16.3. The van der Waals surface area contributed by atoms with Gasteiger partial charge in [-0.25, -0.2) is 0 Å². The highest BCUT2D eigenvalue weighted by atomic mass is 15.2. The highest BCUT2D eigenvalue weighted by molar-refractivity contribution is 4.88. The van der Waals surface area contributed by atoms with Gasteiger partial charge in [-0.05, 0) is 35.5 Å². The lowest BCUT2D eigenvalue weighted by Crippen LogP contribution is -2.58. The molecule has 8 heteroatoms. The SMILES string of the molecule is CC(C)C1CN2CC(C(C)C)NCCNC(C(C)C)CN(CC(C(C)C)NCCN1)CC(C(C)C)NCCNC(C(C)C)C2. The molecular weight excluding hydrogens is 544 g/mol. The number of rotatable bonds is 6. The topological polar surface area (TPSA) is 78.7 Å². The Balaban J connectivity index is 2.53. The van der Waals surface area contributed by atoms with Crippen molar-refractivity contribution in [3.8, 4) is 0 Å². The normalized spacial score (nSPS) is 34.0. The number of nitrogens with zero attached hydrogens (tertiary/aromatic N) is 2. The summed E-state index contributed by atoms with van der Waals surface area (Å²) in [6.07, 6.45) is 0. The van der Waals surface area contributed by atoms with Crippen LogP contribution in [0, 0.1) is 35.5 Å². The predicted octanol–water partition coefficient (Wildman–Crippen LogP) is 3.30. The fourth-order valence-corrected chi connectivity index (χ4v) is 6.73. The lowest BCUT2D eigenvalue weighted by molar-refractivity contribution is 0.144. The van der Waals surface area contributed by atoms with Crippen LogP contribution in [0.15, 0.2) is 0 Å². The summed E-state index contributed by atoms with van der Waals surface area (Å²) in [4.78, 5) is 5.55. The Morgan fingerprint density at radius 1 is 0.295 bits per heavy atom. The van der Waals surface area contributed by atoms with E-state index in [0.717, 1.165) is 78.5 Å². The summed E-state index contributed by atoms with van der Waals surface area (Å²) in [5.41, 5.74) is 0. The van der Waals surface area contributed by atoms with E-state index in [0.29, 0.717) is 71.8 Å². The standard InChI is InChI=1S/C36H78N8/c1-25(2)31-19-43-20-32(26(3)4)39-15-17-41-35(29(9)10)23-44(22-34(28(7)8)38-14-13-37-31)24-36(30(11)12)42-18-16-40-33(21-43)27(5)6/h25-42H,13-24H2,1-12H3. The molecule has 3 aliphatic rings. The van der Waals surface area contributed by atoms with E-state index in [1.807, 2.05) is 0 Å². The molecule has 3 heterocycles. The minimum absolute atomic E-state index is 0.464. The number of hydrogen-bond acceptors (Lipinski definition) is 8. The summed E-state index contributed by atoms with van der Waals surface area (Å²) in [5.74, 6) is 3.47. The molecule has 8 nitrogen and oxygen atoms in total. The van der Waals surface area contributed by atoms with Gasteiger partial charge in [-0.3, -0.25) is 9.80 Å². The maximum atomic E-state index is 4.00. The van der Waals surface area contributed by atoms with Crippen LogP contribution in [0.2, 0.25) is 0 Å². The lowest BCUT2D eigenvalue weighted by atomic mass is 9.97. The predicted molar refractivity (Wildman–Crippen MR) is 193 cm³/mol. The van der Waals surface area contributed by atoms with Gasteiger partial charge in [0.15, 0.2) is 0 Å². The van der Waals surface area contributed by atoms with E-state index in [4.69, 9.17) is 0 Å². The Hall–Kier alpha value is -0.320. The van der Waals surface area contributed by atoms with Crippen LogP contribution in [-0.4, -0.2) is 125 Å². The molecule has 3 rings (SSSR count). The zero-order chi connectivity index (χ0) is 32.8. The first kappa shape index (κ1) is 39.9. The third kappa shape index (κ3) is 14.6. The Morgan fingerprint density at radius 3 is 0.545 bits per heavy atom. The minimum Gasteiger partial charge on any atom is -0.311 e. The van der Waals surface area contributed by atoms with E-state index in [-0.39, 0.29) is 0 Å². The van der Waals surface area contributed by atoms with Gasteiger partial charge in [0.25, 0.3) is 0 Å². The number of hydrogen-bond donors (Lipinski definition) is 6. The van der Waals surface area contributed by atoms with E-state index < -0.39 is 0 Å². The van der Waals surface area contributed by atoms with Crippen LogP contribution in [-0.2, 0) is 0 Å². The quantitative estimate of drug-likeness (QED) is 0.270. The van der Waals surface area contributed by atoms with Gasteiger partial charge in [0.1, 0.15) is 0 Å². The molecule has 262 valence electrons. The van der Waals surface area contributed by atoms with Gasteiger partial charge in [0.2, 0.25) is 0 Å². The Morgan fingerprint density at radius 2 is 0.432 bits per heavy atom. The molecule has 3 aliphatic heterocycles. The number of nitrogens with one attached hydrogen (secondary N) is 6. The number of fused-ring (bicyclic) bond motifs is 21. The summed E-state index contributed by atoms with van der Waals surface area (Å²) >= 11 is 0. The van der Waals surface area contributed by atoms with Crippen molar-refractivity contribution in [3.05, 3.63) is 0 Å². The van der Waals surface area contributed by atoms with Crippen LogP contribution >= 0.6 is 0 Å². The monoisotopic (exact) mass is 623 g/mol. The molecule has 0 radical (unpaired) electrons. The summed E-state index contributed by atoms with van der Waals surface area (Å²) in [7, 11) is 0. The van der Waals surface area contributed by atoms with Crippen molar-refractivity contribution in [3.63, 3.8) is 0 Å². The fourth-order valence-electron chi connectivity index (χ4n) is 6.73. The molecule has 0 spiro atoms. The molecule has 0 aliphatic carbocycles. The summed E-state index contributed by atoms with van der Waals surface area (Å²) in [5, 5.41) is 24.0. The molecule has 0 aromatic carbocycles. The molecule has 0 amide bonds. The zero-order valence-electron chi connectivity index (χ0n) is 31.3. The van der Waals surface area contributed by atoms with Crippen LogP contribution in [0.1, 0.15) is 83.1 Å². The summed E-state index contributed by atoms with van der Waals surface area (Å²) in [6, 6.07) is 2.78. The molecule has 44 heavy (non-hydrogen) atoms. The minimum atomic E-state index is 0.464. The second-order valence-electron chi connectivity index (χ2n) is 16.3. The van der Waals surface area contributed by atoms with Crippen molar-refractivity contribution in [2.45, 2.75) is 119 Å². The van der Waals surface area contributed by atoms with Gasteiger partial charge in [0.05, 0.1) is 0 Å². The van der Waals surface area contributed by atoms with Crippen LogP contribution in [0.25, 0.3) is 0 Å². The van der Waals surface area contributed by atoms with Gasteiger partial charge in [-0.2, -0.15) is 0 Å². The molecule has 6 unspecified atom stereocenters. The lowest BCUT2D eigenvalue weighted by Gasteiger charge is -2.39. The van der Waals surface area contributed by atoms with Crippen LogP contribution in [0.5, 0.6) is 0 Å². The van der Waals surface area contributed by atoms with Crippen molar-refractivity contribution in [1.82, 2.24) is 41.7 Å². The Labute approximate surface area is 274 Å². The molecule has 3 saturated heterocycles. The van der Waals surface area contributed by atoms with Crippen molar-refractivity contribution in [1.29, 1.82) is 0 Å². The highest BCUT2D eigenvalue weighted by Gasteiger charge is 2.28. The Bertz CT molecular complexity index is 572. The zero-order valence-corrected chi connectivity index (χ0v) is 31.3. The van der Waals surface area contributed by atoms with Crippen LogP contribution < -0.4 is 31.9 Å². The first-order valence-electron chi connectivity index (χ1n) is 18.6. The molecule has 0 aromatic heterocycles. The summed E-state index contributed by atoms with van der Waals surface area (Å²) < 4.78 is 0. The smallest absolute Gasteiger partial charge is 0.0218 e. The fraction of sp³-hybridized carbons (Fsp3) is 1.00. The molecule has 6 atom stereocenters. The van der Waals surface area contributed by atoms with Gasteiger partial charge in [-0.15, -0.1) is 0 Å². The average Bonchev–Trinajstić information content (AvgIpc) is 2.93. The molecule has 2 bridgehead atoms.